The number of aliphatic carboxylic acids is 1. The summed E-state index contributed by atoms with van der Waals surface area (Å²) >= 11 is 0. The summed E-state index contributed by atoms with van der Waals surface area (Å²) in [7, 11) is 1.50. The van der Waals surface area contributed by atoms with E-state index in [-0.39, 0.29) is 40.5 Å². The number of carboxylic acid groups (broad SMARTS) is 1. The van der Waals surface area contributed by atoms with Gasteiger partial charge in [-0.1, -0.05) is 0 Å². The number of aromatic nitrogens is 6. The number of carbonyl (C=O) groups is 1. The Morgan fingerprint density at radius 2 is 1.73 bits per heavy atom. The quantitative estimate of drug-likeness (QED) is 0.353. The van der Waals surface area contributed by atoms with E-state index in [1.54, 1.807) is 0 Å². The highest BCUT2D eigenvalue weighted by Gasteiger charge is 2.38. The first-order valence-corrected chi connectivity index (χ1v) is 13.0. The van der Waals surface area contributed by atoms with E-state index < -0.39 is 23.3 Å². The van der Waals surface area contributed by atoms with Crippen molar-refractivity contribution >= 4 is 23.4 Å². The number of aryl methyl sites for hydroxylation is 1. The number of carboxylic acids is 1. The third-order valence-electron chi connectivity index (χ3n) is 6.60. The zero-order chi connectivity index (χ0) is 29.4. The van der Waals surface area contributed by atoms with Crippen molar-refractivity contribution in [2.45, 2.75) is 83.3 Å². The molecule has 2 aromatic heterocycles. The number of benzene rings is 1. The van der Waals surface area contributed by atoms with Gasteiger partial charge in [0.25, 0.3) is 5.97 Å². The molecule has 2 fully saturated rings. The average Bonchev–Trinajstić information content (AvgIpc) is 3.60. The summed E-state index contributed by atoms with van der Waals surface area (Å²) in [6.07, 6.45) is 4.43. The second kappa shape index (κ2) is 10.9. The van der Waals surface area contributed by atoms with Crippen molar-refractivity contribution in [3.05, 3.63) is 46.0 Å². The van der Waals surface area contributed by atoms with Gasteiger partial charge in [-0.3, -0.25) is 4.79 Å². The summed E-state index contributed by atoms with van der Waals surface area (Å²) in [5.41, 5.74) is 0.481. The van der Waals surface area contributed by atoms with Crippen LogP contribution in [0.1, 0.15) is 71.8 Å². The minimum absolute atomic E-state index is 0.0156. The van der Waals surface area contributed by atoms with Gasteiger partial charge in [0.15, 0.2) is 11.6 Å². The van der Waals surface area contributed by atoms with Crippen molar-refractivity contribution < 1.29 is 18.7 Å². The third kappa shape index (κ3) is 6.97. The lowest BCUT2D eigenvalue weighted by atomic mass is 9.79. The fourth-order valence-electron chi connectivity index (χ4n) is 5.31. The normalized spacial score (nSPS) is 18.0. The maximum atomic E-state index is 15.1. The highest BCUT2D eigenvalue weighted by molar-refractivity contribution is 5.63. The molecule has 4 N–H and O–H groups in total. The summed E-state index contributed by atoms with van der Waals surface area (Å²) < 4.78 is 32.0. The summed E-state index contributed by atoms with van der Waals surface area (Å²) in [4.78, 5) is 29.8. The monoisotopic (exact) mass is 559 g/mol. The van der Waals surface area contributed by atoms with Crippen LogP contribution in [0.3, 0.4) is 0 Å². The molecule has 12 nitrogen and oxygen atoms in total. The highest BCUT2D eigenvalue weighted by atomic mass is 19.1. The molecule has 0 atom stereocenters. The molecule has 1 saturated heterocycles. The van der Waals surface area contributed by atoms with E-state index in [1.807, 2.05) is 0 Å². The van der Waals surface area contributed by atoms with Crippen LogP contribution in [0.15, 0.2) is 23.1 Å². The van der Waals surface area contributed by atoms with Crippen molar-refractivity contribution in [2.75, 3.05) is 10.6 Å². The van der Waals surface area contributed by atoms with Gasteiger partial charge in [0.05, 0.1) is 17.6 Å². The van der Waals surface area contributed by atoms with E-state index in [1.165, 1.54) is 19.2 Å². The number of hydrogen-bond acceptors (Lipinski definition) is 9. The first-order chi connectivity index (χ1) is 18.6. The standard InChI is InChI=1S/C24H31F2N9O.C2H4O2/c1-23(2)10-14(11-24(3,4)31-23)28-20-17(26)12-27-21(30-20)29-18-9-19(35-22(36)34(5)32-33-35)15(8-16(18)25)13-6-7-13;1-2(3)4/h8-9,12-14,31H,6-7,10-11H2,1-5H3,(H2,27,28,29,30);1H3,(H,3,4). The van der Waals surface area contributed by atoms with E-state index in [9.17, 15) is 9.18 Å². The summed E-state index contributed by atoms with van der Waals surface area (Å²) in [6, 6.07) is 2.88. The number of nitrogens with one attached hydrogen (secondary N) is 3. The van der Waals surface area contributed by atoms with E-state index in [0.717, 1.165) is 48.2 Å². The van der Waals surface area contributed by atoms with E-state index in [4.69, 9.17) is 9.90 Å². The Morgan fingerprint density at radius 1 is 1.10 bits per heavy atom. The van der Waals surface area contributed by atoms with E-state index in [2.05, 4.69) is 64.0 Å². The number of rotatable bonds is 6. The molecule has 3 heterocycles. The molecule has 1 aliphatic carbocycles. The molecule has 0 radical (unpaired) electrons. The molecule has 5 rings (SSSR count). The Morgan fingerprint density at radius 3 is 2.27 bits per heavy atom. The maximum Gasteiger partial charge on any atom is 0.368 e. The predicted molar refractivity (Wildman–Crippen MR) is 145 cm³/mol. The van der Waals surface area contributed by atoms with Crippen LogP contribution in [-0.2, 0) is 11.8 Å². The zero-order valence-corrected chi connectivity index (χ0v) is 23.4. The first kappa shape index (κ1) is 29.1. The molecule has 216 valence electrons. The first-order valence-electron chi connectivity index (χ1n) is 13.0. The second-order valence-electron chi connectivity index (χ2n) is 11.6. The molecule has 1 saturated carbocycles. The Kier molecular flexibility index (Phi) is 7.92. The van der Waals surface area contributed by atoms with Gasteiger partial charge in [-0.2, -0.15) is 14.3 Å². The summed E-state index contributed by atoms with van der Waals surface area (Å²) in [5.74, 6) is -1.71. The van der Waals surface area contributed by atoms with Gasteiger partial charge < -0.3 is 21.1 Å². The largest absolute Gasteiger partial charge is 0.481 e. The fraction of sp³-hybridized carbons (Fsp3) is 0.538. The number of anilines is 3. The van der Waals surface area contributed by atoms with Crippen molar-refractivity contribution in [1.82, 2.24) is 35.1 Å². The minimum Gasteiger partial charge on any atom is -0.481 e. The molecular formula is C26H35F2N9O3. The molecule has 2 aliphatic rings. The van der Waals surface area contributed by atoms with Crippen molar-refractivity contribution in [3.8, 4) is 5.69 Å². The SMILES string of the molecule is CC(=O)O.Cn1nnn(-c2cc(Nc3ncc(F)c(NC4CC(C)(C)NC(C)(C)C4)n3)c(F)cc2C2CC2)c1=O. The number of halogens is 2. The van der Waals surface area contributed by atoms with Gasteiger partial charge >= 0.3 is 5.69 Å². The number of hydrogen-bond donors (Lipinski definition) is 4. The molecule has 3 aromatic rings. The van der Waals surface area contributed by atoms with Crippen LogP contribution in [0, 0.1) is 11.6 Å². The van der Waals surface area contributed by atoms with E-state index in [0.29, 0.717) is 11.3 Å². The maximum absolute atomic E-state index is 15.1. The molecular weight excluding hydrogens is 524 g/mol. The van der Waals surface area contributed by atoms with Crippen LogP contribution in [0.5, 0.6) is 0 Å². The van der Waals surface area contributed by atoms with Crippen molar-refractivity contribution in [1.29, 1.82) is 0 Å². The number of tetrazole rings is 1. The van der Waals surface area contributed by atoms with Gasteiger partial charge in [-0.05, 0) is 87.4 Å². The van der Waals surface area contributed by atoms with Crippen molar-refractivity contribution in [2.24, 2.45) is 7.05 Å². The van der Waals surface area contributed by atoms with Gasteiger partial charge in [-0.15, -0.1) is 0 Å². The second-order valence-corrected chi connectivity index (χ2v) is 11.6. The molecule has 40 heavy (non-hydrogen) atoms. The minimum atomic E-state index is -0.833. The van der Waals surface area contributed by atoms with Gasteiger partial charge in [0, 0.05) is 31.1 Å². The Labute approximate surface area is 230 Å². The average molecular weight is 560 g/mol. The molecule has 0 unspecified atom stereocenters. The van der Waals surface area contributed by atoms with Crippen LogP contribution >= 0.6 is 0 Å². The molecule has 1 aromatic carbocycles. The number of nitrogens with zero attached hydrogens (tertiary/aromatic N) is 6. The molecule has 14 heteroatoms. The van der Waals surface area contributed by atoms with Crippen LogP contribution < -0.4 is 21.6 Å². The van der Waals surface area contributed by atoms with Crippen LogP contribution in [0.25, 0.3) is 5.69 Å². The smallest absolute Gasteiger partial charge is 0.368 e. The topological polar surface area (TPSA) is 152 Å². The predicted octanol–water partition coefficient (Wildman–Crippen LogP) is 3.47. The molecule has 0 bridgehead atoms. The van der Waals surface area contributed by atoms with Gasteiger partial charge in [0.2, 0.25) is 5.95 Å². The Hall–Kier alpha value is -3.94. The van der Waals surface area contributed by atoms with Crippen molar-refractivity contribution in [3.63, 3.8) is 0 Å². The third-order valence-corrected chi connectivity index (χ3v) is 6.60. The summed E-state index contributed by atoms with van der Waals surface area (Å²) in [5, 5.41) is 24.8. The summed E-state index contributed by atoms with van der Waals surface area (Å²) in [6.45, 7) is 9.53. The molecule has 0 spiro atoms. The fourth-order valence-corrected chi connectivity index (χ4v) is 5.31. The lowest BCUT2D eigenvalue weighted by Crippen LogP contribution is -2.60. The Bertz CT molecular complexity index is 1440. The molecule has 1 aliphatic heterocycles. The number of piperidine rings is 1. The van der Waals surface area contributed by atoms with Crippen LogP contribution in [0.2, 0.25) is 0 Å². The Balaban J connectivity index is 0.000000867. The molecule has 0 amide bonds. The van der Waals surface area contributed by atoms with Crippen LogP contribution in [-0.4, -0.2) is 58.0 Å². The lowest BCUT2D eigenvalue weighted by molar-refractivity contribution is -0.134. The highest BCUT2D eigenvalue weighted by Crippen LogP contribution is 2.44. The van der Waals surface area contributed by atoms with Gasteiger partial charge in [-0.25, -0.2) is 18.6 Å². The van der Waals surface area contributed by atoms with E-state index >= 15 is 4.39 Å². The zero-order valence-electron chi connectivity index (χ0n) is 23.4. The van der Waals surface area contributed by atoms with Gasteiger partial charge in [0.1, 0.15) is 5.82 Å². The lowest BCUT2D eigenvalue weighted by Gasteiger charge is -2.46. The van der Waals surface area contributed by atoms with Crippen LogP contribution in [0.4, 0.5) is 26.2 Å².